The Bertz CT molecular complexity index is 815. The first kappa shape index (κ1) is 14.3. The predicted octanol–water partition coefficient (Wildman–Crippen LogP) is 2.64. The van der Waals surface area contributed by atoms with Crippen LogP contribution in [0.3, 0.4) is 0 Å². The van der Waals surface area contributed by atoms with E-state index in [1.807, 2.05) is 6.20 Å². The van der Waals surface area contributed by atoms with Gasteiger partial charge in [-0.1, -0.05) is 24.3 Å². The summed E-state index contributed by atoms with van der Waals surface area (Å²) in [7, 11) is 0. The molecule has 118 valence electrons. The lowest BCUT2D eigenvalue weighted by molar-refractivity contribution is 0.589. The fourth-order valence-electron chi connectivity index (χ4n) is 3.27. The summed E-state index contributed by atoms with van der Waals surface area (Å²) in [6.07, 6.45) is 5.01. The number of pyridine rings is 1. The highest BCUT2D eigenvalue weighted by Gasteiger charge is 2.12. The second-order valence-corrected chi connectivity index (χ2v) is 6.19. The van der Waals surface area contributed by atoms with Gasteiger partial charge in [-0.25, -0.2) is 4.98 Å². The molecule has 0 radical (unpaired) electrons. The molecule has 4 rings (SSSR count). The first-order valence-electron chi connectivity index (χ1n) is 8.27. The molecule has 0 amide bonds. The molecule has 0 spiro atoms. The van der Waals surface area contributed by atoms with E-state index in [1.54, 1.807) is 0 Å². The monoisotopic (exact) mass is 306 g/mol. The third-order valence-electron chi connectivity index (χ3n) is 4.68. The molecule has 3 heterocycles. The van der Waals surface area contributed by atoms with E-state index in [2.05, 4.69) is 69.1 Å². The van der Waals surface area contributed by atoms with E-state index in [0.717, 1.165) is 38.4 Å². The Hall–Kier alpha value is -2.33. The van der Waals surface area contributed by atoms with Gasteiger partial charge in [0, 0.05) is 44.5 Å². The molecule has 4 heteroatoms. The highest BCUT2D eigenvalue weighted by atomic mass is 15.2. The molecule has 1 N–H and O–H groups in total. The molecule has 1 aromatic carbocycles. The van der Waals surface area contributed by atoms with Crippen LogP contribution in [0.15, 0.2) is 48.8 Å². The molecule has 1 aliphatic heterocycles. The van der Waals surface area contributed by atoms with Crippen LogP contribution in [0.4, 0.5) is 5.69 Å². The molecule has 1 fully saturated rings. The van der Waals surface area contributed by atoms with Gasteiger partial charge in [0.15, 0.2) is 0 Å². The van der Waals surface area contributed by atoms with Crippen LogP contribution in [0.2, 0.25) is 0 Å². The Morgan fingerprint density at radius 1 is 1.13 bits per heavy atom. The minimum Gasteiger partial charge on any atom is -0.369 e. The molecule has 4 nitrogen and oxygen atoms in total. The van der Waals surface area contributed by atoms with E-state index < -0.39 is 0 Å². The lowest BCUT2D eigenvalue weighted by Gasteiger charge is -2.29. The number of piperazine rings is 1. The molecular weight excluding hydrogens is 284 g/mol. The highest BCUT2D eigenvalue weighted by Crippen LogP contribution is 2.20. The number of aromatic nitrogens is 2. The summed E-state index contributed by atoms with van der Waals surface area (Å²) in [5, 5.41) is 3.40. The number of rotatable bonds is 3. The number of benzene rings is 1. The SMILES string of the molecule is Cc1ccccc1Cc1ncc2cc(N3CCNCC3)ccn12. The predicted molar refractivity (Wildman–Crippen MR) is 94.3 cm³/mol. The van der Waals surface area contributed by atoms with Crippen molar-refractivity contribution in [1.82, 2.24) is 14.7 Å². The smallest absolute Gasteiger partial charge is 0.117 e. The number of hydrogen-bond donors (Lipinski definition) is 1. The third-order valence-corrected chi connectivity index (χ3v) is 4.68. The number of hydrogen-bond acceptors (Lipinski definition) is 3. The molecular formula is C19H22N4. The van der Waals surface area contributed by atoms with Gasteiger partial charge >= 0.3 is 0 Å². The van der Waals surface area contributed by atoms with Gasteiger partial charge in [0.05, 0.1) is 11.7 Å². The number of nitrogens with one attached hydrogen (secondary N) is 1. The van der Waals surface area contributed by atoms with Crippen LogP contribution in [0.1, 0.15) is 17.0 Å². The van der Waals surface area contributed by atoms with Crippen molar-refractivity contribution in [2.75, 3.05) is 31.1 Å². The summed E-state index contributed by atoms with van der Waals surface area (Å²) < 4.78 is 2.21. The van der Waals surface area contributed by atoms with Crippen LogP contribution in [-0.2, 0) is 6.42 Å². The van der Waals surface area contributed by atoms with Crippen molar-refractivity contribution >= 4 is 11.2 Å². The average molecular weight is 306 g/mol. The van der Waals surface area contributed by atoms with E-state index >= 15 is 0 Å². The Balaban J connectivity index is 1.64. The van der Waals surface area contributed by atoms with Gasteiger partial charge in [-0.05, 0) is 30.2 Å². The summed E-state index contributed by atoms with van der Waals surface area (Å²) in [6.45, 7) is 6.42. The molecule has 2 aromatic heterocycles. The maximum Gasteiger partial charge on any atom is 0.117 e. The maximum absolute atomic E-state index is 4.65. The fourth-order valence-corrected chi connectivity index (χ4v) is 3.27. The van der Waals surface area contributed by atoms with Gasteiger partial charge in [-0.2, -0.15) is 0 Å². The van der Waals surface area contributed by atoms with Crippen LogP contribution in [0.5, 0.6) is 0 Å². The summed E-state index contributed by atoms with van der Waals surface area (Å²) >= 11 is 0. The minimum atomic E-state index is 0.869. The molecule has 1 saturated heterocycles. The zero-order valence-electron chi connectivity index (χ0n) is 13.5. The average Bonchev–Trinajstić information content (AvgIpc) is 3.00. The van der Waals surface area contributed by atoms with Gasteiger partial charge in [0.2, 0.25) is 0 Å². The van der Waals surface area contributed by atoms with Gasteiger partial charge in [0.25, 0.3) is 0 Å². The van der Waals surface area contributed by atoms with Crippen molar-refractivity contribution in [3.63, 3.8) is 0 Å². The number of nitrogens with zero attached hydrogens (tertiary/aromatic N) is 3. The standard InChI is InChI=1S/C19H22N4/c1-15-4-2-3-5-16(15)12-19-21-14-18-13-17(6-9-23(18)19)22-10-7-20-8-11-22/h2-6,9,13-14,20H,7-8,10-12H2,1H3. The van der Waals surface area contributed by atoms with Crippen LogP contribution in [-0.4, -0.2) is 35.6 Å². The number of fused-ring (bicyclic) bond motifs is 1. The van der Waals surface area contributed by atoms with Crippen LogP contribution < -0.4 is 10.2 Å². The largest absolute Gasteiger partial charge is 0.369 e. The van der Waals surface area contributed by atoms with E-state index in [-0.39, 0.29) is 0 Å². The van der Waals surface area contributed by atoms with E-state index in [1.165, 1.54) is 22.3 Å². The van der Waals surface area contributed by atoms with Crippen LogP contribution in [0.25, 0.3) is 5.52 Å². The normalized spacial score (nSPS) is 15.3. The molecule has 0 bridgehead atoms. The van der Waals surface area contributed by atoms with Gasteiger partial charge in [-0.15, -0.1) is 0 Å². The molecule has 0 aliphatic carbocycles. The van der Waals surface area contributed by atoms with Crippen molar-refractivity contribution in [2.45, 2.75) is 13.3 Å². The van der Waals surface area contributed by atoms with E-state index in [9.17, 15) is 0 Å². The first-order chi connectivity index (χ1) is 11.3. The van der Waals surface area contributed by atoms with Crippen molar-refractivity contribution in [1.29, 1.82) is 0 Å². The van der Waals surface area contributed by atoms with E-state index in [0.29, 0.717) is 0 Å². The molecule has 23 heavy (non-hydrogen) atoms. The van der Waals surface area contributed by atoms with Gasteiger partial charge < -0.3 is 14.6 Å². The first-order valence-corrected chi connectivity index (χ1v) is 8.27. The third kappa shape index (κ3) is 2.82. The Kier molecular flexibility index (Phi) is 3.75. The zero-order valence-corrected chi connectivity index (χ0v) is 13.5. The van der Waals surface area contributed by atoms with Gasteiger partial charge in [0.1, 0.15) is 5.82 Å². The fraction of sp³-hybridized carbons (Fsp3) is 0.316. The lowest BCUT2D eigenvalue weighted by Crippen LogP contribution is -2.43. The van der Waals surface area contributed by atoms with Crippen molar-refractivity contribution < 1.29 is 0 Å². The summed E-state index contributed by atoms with van der Waals surface area (Å²) in [5.74, 6) is 1.10. The lowest BCUT2D eigenvalue weighted by atomic mass is 10.1. The Morgan fingerprint density at radius 3 is 2.78 bits per heavy atom. The highest BCUT2D eigenvalue weighted by molar-refractivity contribution is 5.60. The number of anilines is 1. The summed E-state index contributed by atoms with van der Waals surface area (Å²) in [5.41, 5.74) is 5.12. The van der Waals surface area contributed by atoms with E-state index in [4.69, 9.17) is 0 Å². The zero-order chi connectivity index (χ0) is 15.6. The molecule has 0 unspecified atom stereocenters. The van der Waals surface area contributed by atoms with Crippen molar-refractivity contribution in [3.8, 4) is 0 Å². The minimum absolute atomic E-state index is 0.869. The second kappa shape index (κ2) is 6.05. The van der Waals surface area contributed by atoms with Crippen LogP contribution in [0, 0.1) is 6.92 Å². The van der Waals surface area contributed by atoms with Crippen LogP contribution >= 0.6 is 0 Å². The second-order valence-electron chi connectivity index (χ2n) is 6.19. The number of imidazole rings is 1. The topological polar surface area (TPSA) is 32.6 Å². The van der Waals surface area contributed by atoms with Crippen molar-refractivity contribution in [2.24, 2.45) is 0 Å². The molecule has 1 aliphatic rings. The molecule has 0 saturated carbocycles. The maximum atomic E-state index is 4.65. The number of aryl methyl sites for hydroxylation is 1. The summed E-state index contributed by atoms with van der Waals surface area (Å²) in [6, 6.07) is 13.0. The quantitative estimate of drug-likeness (QED) is 0.807. The molecule has 0 atom stereocenters. The summed E-state index contributed by atoms with van der Waals surface area (Å²) in [4.78, 5) is 7.09. The Morgan fingerprint density at radius 2 is 1.96 bits per heavy atom. The van der Waals surface area contributed by atoms with Gasteiger partial charge in [-0.3, -0.25) is 0 Å². The van der Waals surface area contributed by atoms with Crippen molar-refractivity contribution in [3.05, 3.63) is 65.7 Å². The molecule has 3 aromatic rings. The Labute approximate surface area is 136 Å².